The number of methoxy groups -OCH3 is 1. The maximum atomic E-state index is 5.38. The Balaban J connectivity index is 1.46. The predicted molar refractivity (Wildman–Crippen MR) is 91.1 cm³/mol. The number of imidazole rings is 1. The number of H-pyrrole nitrogens is 1. The lowest BCUT2D eigenvalue weighted by Gasteiger charge is -2.29. The van der Waals surface area contributed by atoms with Crippen LogP contribution in [0.2, 0.25) is 0 Å². The molecule has 0 radical (unpaired) electrons. The minimum Gasteiger partial charge on any atom is -0.497 e. The van der Waals surface area contributed by atoms with E-state index in [9.17, 15) is 0 Å². The Morgan fingerprint density at radius 3 is 3.00 bits per heavy atom. The molecule has 2 aromatic rings. The van der Waals surface area contributed by atoms with Crippen LogP contribution in [0.4, 0.5) is 0 Å². The molecule has 1 aromatic heterocycles. The smallest absolute Gasteiger partial charge is 0.121 e. The van der Waals surface area contributed by atoms with Gasteiger partial charge in [0.05, 0.1) is 31.4 Å². The van der Waals surface area contributed by atoms with Crippen molar-refractivity contribution < 1.29 is 9.47 Å². The van der Waals surface area contributed by atoms with Gasteiger partial charge in [-0.3, -0.25) is 4.90 Å². The Kier molecular flexibility index (Phi) is 5.48. The molecule has 0 amide bonds. The van der Waals surface area contributed by atoms with Gasteiger partial charge in [-0.05, 0) is 19.1 Å². The molecule has 0 spiro atoms. The summed E-state index contributed by atoms with van der Waals surface area (Å²) in [6.07, 6.45) is 0.893. The van der Waals surface area contributed by atoms with Gasteiger partial charge in [-0.25, -0.2) is 4.98 Å². The van der Waals surface area contributed by atoms with Crippen molar-refractivity contribution in [3.8, 4) is 5.75 Å². The van der Waals surface area contributed by atoms with Crippen molar-refractivity contribution in [3.05, 3.63) is 24.0 Å². The monoisotopic (exact) mass is 318 g/mol. The quantitative estimate of drug-likeness (QED) is 0.808. The van der Waals surface area contributed by atoms with Crippen LogP contribution in [-0.2, 0) is 11.2 Å². The first-order valence-electron chi connectivity index (χ1n) is 8.31. The second-order valence-corrected chi connectivity index (χ2v) is 6.08. The van der Waals surface area contributed by atoms with Crippen molar-refractivity contribution in [3.63, 3.8) is 0 Å². The molecule has 2 heterocycles. The van der Waals surface area contributed by atoms with Gasteiger partial charge < -0.3 is 19.8 Å². The van der Waals surface area contributed by atoms with E-state index in [4.69, 9.17) is 9.47 Å². The summed E-state index contributed by atoms with van der Waals surface area (Å²) in [5.41, 5.74) is 2.02. The number of nitrogens with one attached hydrogen (secondary N) is 2. The third kappa shape index (κ3) is 4.43. The van der Waals surface area contributed by atoms with Crippen LogP contribution >= 0.6 is 0 Å². The molecule has 1 saturated heterocycles. The molecule has 1 aromatic carbocycles. The zero-order valence-corrected chi connectivity index (χ0v) is 14.0. The summed E-state index contributed by atoms with van der Waals surface area (Å²) in [4.78, 5) is 10.4. The Morgan fingerprint density at radius 2 is 2.22 bits per heavy atom. The van der Waals surface area contributed by atoms with E-state index >= 15 is 0 Å². The van der Waals surface area contributed by atoms with Crippen LogP contribution in [-0.4, -0.2) is 67.4 Å². The van der Waals surface area contributed by atoms with Crippen LogP contribution in [0.3, 0.4) is 0 Å². The molecular weight excluding hydrogens is 292 g/mol. The van der Waals surface area contributed by atoms with Gasteiger partial charge >= 0.3 is 0 Å². The Morgan fingerprint density at radius 1 is 1.39 bits per heavy atom. The lowest BCUT2D eigenvalue weighted by molar-refractivity contribution is 0.0344. The molecule has 1 aliphatic rings. The van der Waals surface area contributed by atoms with Crippen molar-refractivity contribution in [2.45, 2.75) is 19.4 Å². The lowest BCUT2D eigenvalue weighted by atomic mass is 10.2. The van der Waals surface area contributed by atoms with E-state index in [1.807, 2.05) is 18.2 Å². The molecule has 1 atom stereocenters. The average molecular weight is 318 g/mol. The molecule has 0 aliphatic carbocycles. The van der Waals surface area contributed by atoms with Crippen LogP contribution in [0, 0.1) is 0 Å². The number of aromatic amines is 1. The van der Waals surface area contributed by atoms with Crippen molar-refractivity contribution >= 4 is 11.0 Å². The zero-order chi connectivity index (χ0) is 16.1. The molecule has 3 rings (SSSR count). The summed E-state index contributed by atoms with van der Waals surface area (Å²) in [7, 11) is 1.68. The normalized spacial score (nSPS) is 17.5. The van der Waals surface area contributed by atoms with Crippen molar-refractivity contribution in [1.82, 2.24) is 20.2 Å². The number of hydrogen-bond acceptors (Lipinski definition) is 5. The van der Waals surface area contributed by atoms with E-state index in [0.717, 1.165) is 68.4 Å². The number of hydrogen-bond donors (Lipinski definition) is 2. The first-order chi connectivity index (χ1) is 11.2. The summed E-state index contributed by atoms with van der Waals surface area (Å²) in [5, 5.41) is 3.58. The Bertz CT molecular complexity index is 622. The summed E-state index contributed by atoms with van der Waals surface area (Å²) in [6, 6.07) is 6.39. The first kappa shape index (κ1) is 16.2. The molecule has 0 unspecified atom stereocenters. The van der Waals surface area contributed by atoms with Crippen LogP contribution in [0.5, 0.6) is 5.75 Å². The van der Waals surface area contributed by atoms with E-state index in [0.29, 0.717) is 6.04 Å². The maximum Gasteiger partial charge on any atom is 0.121 e. The fraction of sp³-hybridized carbons (Fsp3) is 0.588. The maximum absolute atomic E-state index is 5.38. The lowest BCUT2D eigenvalue weighted by Crippen LogP contribution is -2.44. The second-order valence-electron chi connectivity index (χ2n) is 6.08. The van der Waals surface area contributed by atoms with Gasteiger partial charge in [-0.2, -0.15) is 0 Å². The Hall–Kier alpha value is -1.63. The minimum atomic E-state index is 0.470. The average Bonchev–Trinajstić information content (AvgIpc) is 2.97. The summed E-state index contributed by atoms with van der Waals surface area (Å²) < 4.78 is 10.6. The Labute approximate surface area is 137 Å². The first-order valence-corrected chi connectivity index (χ1v) is 8.31. The molecule has 1 aliphatic heterocycles. The van der Waals surface area contributed by atoms with Crippen molar-refractivity contribution in [2.75, 3.05) is 46.5 Å². The molecule has 0 bridgehead atoms. The van der Waals surface area contributed by atoms with Crippen molar-refractivity contribution in [2.24, 2.45) is 0 Å². The highest BCUT2D eigenvalue weighted by Gasteiger charge is 2.13. The van der Waals surface area contributed by atoms with Gasteiger partial charge in [-0.1, -0.05) is 0 Å². The fourth-order valence-corrected chi connectivity index (χ4v) is 2.96. The molecule has 6 nitrogen and oxygen atoms in total. The predicted octanol–water partition coefficient (Wildman–Crippen LogP) is 1.42. The number of rotatable bonds is 7. The minimum absolute atomic E-state index is 0.470. The highest BCUT2D eigenvalue weighted by atomic mass is 16.5. The van der Waals surface area contributed by atoms with Crippen molar-refractivity contribution in [1.29, 1.82) is 0 Å². The van der Waals surface area contributed by atoms with Gasteiger partial charge in [0.15, 0.2) is 0 Å². The number of ether oxygens (including phenoxy) is 2. The molecule has 126 valence electrons. The van der Waals surface area contributed by atoms with E-state index in [1.165, 1.54) is 0 Å². The van der Waals surface area contributed by atoms with Gasteiger partial charge in [-0.15, -0.1) is 0 Å². The van der Waals surface area contributed by atoms with E-state index < -0.39 is 0 Å². The van der Waals surface area contributed by atoms with Crippen LogP contribution in [0.25, 0.3) is 11.0 Å². The van der Waals surface area contributed by atoms with Gasteiger partial charge in [0.1, 0.15) is 11.6 Å². The molecule has 1 fully saturated rings. The van der Waals surface area contributed by atoms with E-state index in [1.54, 1.807) is 7.11 Å². The zero-order valence-electron chi connectivity index (χ0n) is 14.0. The van der Waals surface area contributed by atoms with Crippen LogP contribution < -0.4 is 10.1 Å². The van der Waals surface area contributed by atoms with Gasteiger partial charge in [0.2, 0.25) is 0 Å². The summed E-state index contributed by atoms with van der Waals surface area (Å²) in [5.74, 6) is 1.87. The van der Waals surface area contributed by atoms with Gasteiger partial charge in [0, 0.05) is 44.7 Å². The summed E-state index contributed by atoms with van der Waals surface area (Å²) >= 11 is 0. The highest BCUT2D eigenvalue weighted by molar-refractivity contribution is 5.76. The van der Waals surface area contributed by atoms with Gasteiger partial charge in [0.25, 0.3) is 0 Å². The van der Waals surface area contributed by atoms with E-state index in [-0.39, 0.29) is 0 Å². The largest absolute Gasteiger partial charge is 0.497 e. The van der Waals surface area contributed by atoms with Crippen LogP contribution in [0.1, 0.15) is 12.7 Å². The number of benzene rings is 1. The topological polar surface area (TPSA) is 62.4 Å². The number of nitrogens with zero attached hydrogens (tertiary/aromatic N) is 2. The third-order valence-corrected chi connectivity index (χ3v) is 4.23. The molecule has 0 saturated carbocycles. The molecule has 6 heteroatoms. The van der Waals surface area contributed by atoms with E-state index in [2.05, 4.69) is 27.1 Å². The molecular formula is C17H26N4O2. The molecule has 2 N–H and O–H groups in total. The number of aromatic nitrogens is 2. The number of morpholine rings is 1. The van der Waals surface area contributed by atoms with Crippen LogP contribution in [0.15, 0.2) is 18.2 Å². The highest BCUT2D eigenvalue weighted by Crippen LogP contribution is 2.18. The summed E-state index contributed by atoms with van der Waals surface area (Å²) in [6.45, 7) is 8.02. The fourth-order valence-electron chi connectivity index (χ4n) is 2.96. The second kappa shape index (κ2) is 7.77. The molecule has 23 heavy (non-hydrogen) atoms. The SMILES string of the molecule is COc1ccc2nc(CCN[C@@H](C)CN3CCOCC3)[nH]c2c1. The number of fused-ring (bicyclic) bond motifs is 1. The standard InChI is InChI=1S/C17H26N4O2/c1-13(12-21-7-9-23-10-8-21)18-6-5-17-19-15-4-3-14(22-2)11-16(15)20-17/h3-4,11,13,18H,5-10,12H2,1-2H3,(H,19,20)/t13-/m0/s1. The third-order valence-electron chi connectivity index (χ3n) is 4.23.